The van der Waals surface area contributed by atoms with Crippen molar-refractivity contribution in [3.63, 3.8) is 0 Å². The third-order valence-electron chi connectivity index (χ3n) is 2.34. The maximum atomic E-state index is 11.2. The first-order valence-corrected chi connectivity index (χ1v) is 4.27. The maximum absolute atomic E-state index is 11.2. The molecule has 2 atom stereocenters. The fraction of sp³-hybridized carbons (Fsp3) is 0.556. The first kappa shape index (κ1) is 9.77. The molecule has 0 aromatic heterocycles. The largest absolute Gasteiger partial charge is 0.481 e. The second-order valence-electron chi connectivity index (χ2n) is 3.18. The summed E-state index contributed by atoms with van der Waals surface area (Å²) >= 11 is 0. The highest BCUT2D eigenvalue weighted by Crippen LogP contribution is 2.23. The Bertz CT molecular complexity index is 237. The van der Waals surface area contributed by atoms with Crippen molar-refractivity contribution in [2.75, 3.05) is 6.54 Å². The lowest BCUT2D eigenvalue weighted by Crippen LogP contribution is -2.20. The van der Waals surface area contributed by atoms with Gasteiger partial charge in [0.15, 0.2) is 0 Å². The van der Waals surface area contributed by atoms with Crippen molar-refractivity contribution in [1.29, 1.82) is 0 Å². The monoisotopic (exact) mass is 183 g/mol. The number of nitrogens with one attached hydrogen (secondary N) is 1. The van der Waals surface area contributed by atoms with Gasteiger partial charge in [0.2, 0.25) is 5.91 Å². The Balaban J connectivity index is 2.49. The van der Waals surface area contributed by atoms with E-state index >= 15 is 0 Å². The topological polar surface area (TPSA) is 66.4 Å². The van der Waals surface area contributed by atoms with Crippen molar-refractivity contribution < 1.29 is 14.7 Å². The van der Waals surface area contributed by atoms with Gasteiger partial charge < -0.3 is 10.4 Å². The van der Waals surface area contributed by atoms with Crippen LogP contribution in [0.4, 0.5) is 0 Å². The summed E-state index contributed by atoms with van der Waals surface area (Å²) in [7, 11) is 0. The predicted molar refractivity (Wildman–Crippen MR) is 47.1 cm³/mol. The van der Waals surface area contributed by atoms with Crippen LogP contribution < -0.4 is 5.32 Å². The SMILES string of the molecule is C=C[C@@H]1CNC(=O)[C@@H]1CCC(=O)O. The van der Waals surface area contributed by atoms with Crippen molar-refractivity contribution in [1.82, 2.24) is 5.32 Å². The molecule has 0 unspecified atom stereocenters. The van der Waals surface area contributed by atoms with Crippen molar-refractivity contribution in [2.45, 2.75) is 12.8 Å². The molecule has 0 radical (unpaired) electrons. The highest BCUT2D eigenvalue weighted by molar-refractivity contribution is 5.82. The third kappa shape index (κ3) is 2.31. The van der Waals surface area contributed by atoms with E-state index in [4.69, 9.17) is 5.11 Å². The fourth-order valence-corrected chi connectivity index (χ4v) is 1.56. The zero-order chi connectivity index (χ0) is 9.84. The van der Waals surface area contributed by atoms with Gasteiger partial charge in [-0.25, -0.2) is 0 Å². The molecule has 0 bridgehead atoms. The van der Waals surface area contributed by atoms with Crippen LogP contribution in [0.25, 0.3) is 0 Å². The number of hydrogen-bond donors (Lipinski definition) is 2. The summed E-state index contributed by atoms with van der Waals surface area (Å²) in [4.78, 5) is 21.5. The minimum absolute atomic E-state index is 0.0441. The van der Waals surface area contributed by atoms with Crippen LogP contribution >= 0.6 is 0 Å². The Morgan fingerprint density at radius 2 is 2.46 bits per heavy atom. The molecule has 1 fully saturated rings. The Morgan fingerprint density at radius 1 is 1.77 bits per heavy atom. The van der Waals surface area contributed by atoms with Gasteiger partial charge in [-0.2, -0.15) is 0 Å². The molecular formula is C9H13NO3. The molecule has 13 heavy (non-hydrogen) atoms. The molecule has 72 valence electrons. The summed E-state index contributed by atoms with van der Waals surface area (Å²) in [5, 5.41) is 11.2. The van der Waals surface area contributed by atoms with Crippen LogP contribution in [0, 0.1) is 11.8 Å². The molecule has 1 aliphatic rings. The normalized spacial score (nSPS) is 26.9. The standard InChI is InChI=1S/C9H13NO3/c1-2-6-5-10-9(13)7(6)3-4-8(11)12/h2,6-7H,1,3-5H2,(H,10,13)(H,11,12)/t6-,7-/m1/s1. The number of carbonyl (C=O) groups is 2. The van der Waals surface area contributed by atoms with Crippen LogP contribution in [0.5, 0.6) is 0 Å². The number of carboxylic acid groups (broad SMARTS) is 1. The van der Waals surface area contributed by atoms with Gasteiger partial charge in [-0.3, -0.25) is 9.59 Å². The van der Waals surface area contributed by atoms with E-state index in [0.29, 0.717) is 13.0 Å². The van der Waals surface area contributed by atoms with Crippen LogP contribution in [0.3, 0.4) is 0 Å². The summed E-state index contributed by atoms with van der Waals surface area (Å²) in [6, 6.07) is 0. The fourth-order valence-electron chi connectivity index (χ4n) is 1.56. The van der Waals surface area contributed by atoms with Crippen molar-refractivity contribution in [3.8, 4) is 0 Å². The average Bonchev–Trinajstić information content (AvgIpc) is 2.43. The van der Waals surface area contributed by atoms with E-state index in [1.165, 1.54) is 0 Å². The quantitative estimate of drug-likeness (QED) is 0.620. The second kappa shape index (κ2) is 4.07. The van der Waals surface area contributed by atoms with E-state index in [9.17, 15) is 9.59 Å². The van der Waals surface area contributed by atoms with Gasteiger partial charge in [-0.15, -0.1) is 6.58 Å². The number of carboxylic acids is 1. The Labute approximate surface area is 76.6 Å². The van der Waals surface area contributed by atoms with E-state index in [-0.39, 0.29) is 24.2 Å². The number of hydrogen-bond acceptors (Lipinski definition) is 2. The smallest absolute Gasteiger partial charge is 0.303 e. The molecule has 1 heterocycles. The first-order chi connectivity index (χ1) is 6.15. The van der Waals surface area contributed by atoms with Crippen LogP contribution in [-0.2, 0) is 9.59 Å². The summed E-state index contributed by atoms with van der Waals surface area (Å²) in [5.74, 6) is -1.02. The van der Waals surface area contributed by atoms with Crippen LogP contribution in [0.1, 0.15) is 12.8 Å². The number of rotatable bonds is 4. The van der Waals surface area contributed by atoms with E-state index in [0.717, 1.165) is 0 Å². The van der Waals surface area contributed by atoms with Gasteiger partial charge in [0, 0.05) is 24.8 Å². The lowest BCUT2D eigenvalue weighted by Gasteiger charge is -2.10. The van der Waals surface area contributed by atoms with E-state index in [2.05, 4.69) is 11.9 Å². The Morgan fingerprint density at radius 3 is 3.00 bits per heavy atom. The Hall–Kier alpha value is -1.32. The highest BCUT2D eigenvalue weighted by atomic mass is 16.4. The van der Waals surface area contributed by atoms with Gasteiger partial charge in [-0.05, 0) is 6.42 Å². The first-order valence-electron chi connectivity index (χ1n) is 4.27. The molecule has 1 amide bonds. The maximum Gasteiger partial charge on any atom is 0.303 e. The Kier molecular flexibility index (Phi) is 3.06. The van der Waals surface area contributed by atoms with Gasteiger partial charge in [0.25, 0.3) is 0 Å². The molecule has 0 aliphatic carbocycles. The molecule has 4 nitrogen and oxygen atoms in total. The summed E-state index contributed by atoms with van der Waals surface area (Å²) in [6.45, 7) is 4.20. The lowest BCUT2D eigenvalue weighted by atomic mass is 9.91. The van der Waals surface area contributed by atoms with Crippen molar-refractivity contribution in [3.05, 3.63) is 12.7 Å². The van der Waals surface area contributed by atoms with Crippen molar-refractivity contribution in [2.24, 2.45) is 11.8 Å². The van der Waals surface area contributed by atoms with Gasteiger partial charge >= 0.3 is 5.97 Å². The number of amides is 1. The van der Waals surface area contributed by atoms with Crippen LogP contribution in [-0.4, -0.2) is 23.5 Å². The molecule has 1 rings (SSSR count). The minimum Gasteiger partial charge on any atom is -0.481 e. The van der Waals surface area contributed by atoms with Gasteiger partial charge in [0.05, 0.1) is 0 Å². The summed E-state index contributed by atoms with van der Waals surface area (Å²) in [5.41, 5.74) is 0. The van der Waals surface area contributed by atoms with E-state index in [1.807, 2.05) is 0 Å². The third-order valence-corrected chi connectivity index (χ3v) is 2.34. The van der Waals surface area contributed by atoms with Crippen LogP contribution in [0.15, 0.2) is 12.7 Å². The average molecular weight is 183 g/mol. The minimum atomic E-state index is -0.859. The molecule has 1 saturated heterocycles. The summed E-state index contributed by atoms with van der Waals surface area (Å²) in [6.07, 6.45) is 2.16. The molecule has 2 N–H and O–H groups in total. The second-order valence-corrected chi connectivity index (χ2v) is 3.18. The van der Waals surface area contributed by atoms with Gasteiger partial charge in [0.1, 0.15) is 0 Å². The summed E-state index contributed by atoms with van der Waals surface area (Å²) < 4.78 is 0. The number of aliphatic carboxylic acids is 1. The van der Waals surface area contributed by atoms with Crippen LogP contribution in [0.2, 0.25) is 0 Å². The molecule has 0 aromatic carbocycles. The zero-order valence-electron chi connectivity index (χ0n) is 7.32. The van der Waals surface area contributed by atoms with E-state index in [1.54, 1.807) is 6.08 Å². The zero-order valence-corrected chi connectivity index (χ0v) is 7.32. The lowest BCUT2D eigenvalue weighted by molar-refractivity contribution is -0.137. The van der Waals surface area contributed by atoms with E-state index < -0.39 is 5.97 Å². The molecule has 0 aromatic rings. The molecule has 0 spiro atoms. The predicted octanol–water partition coefficient (Wildman–Crippen LogP) is 0.399. The van der Waals surface area contributed by atoms with Gasteiger partial charge in [-0.1, -0.05) is 6.08 Å². The molecule has 0 saturated carbocycles. The number of carbonyl (C=O) groups excluding carboxylic acids is 1. The highest BCUT2D eigenvalue weighted by Gasteiger charge is 2.32. The van der Waals surface area contributed by atoms with Crippen molar-refractivity contribution >= 4 is 11.9 Å². The molecule has 4 heteroatoms. The molecule has 1 aliphatic heterocycles. The molecular weight excluding hydrogens is 170 g/mol.